The molecule has 0 spiro atoms. The number of nitrogens with two attached hydrogens (primary N) is 1. The van der Waals surface area contributed by atoms with E-state index in [1.54, 1.807) is 16.2 Å². The lowest BCUT2D eigenvalue weighted by atomic mass is 10.4. The number of aryl methyl sites for hydroxylation is 1. The van der Waals surface area contributed by atoms with Crippen LogP contribution in [-0.4, -0.2) is 29.0 Å². The Morgan fingerprint density at radius 1 is 1.21 bits per heavy atom. The number of rotatable bonds is 5. The number of nitrogens with one attached hydrogen (secondary N) is 1. The average molecular weight is 278 g/mol. The Labute approximate surface area is 116 Å². The zero-order valence-corrected chi connectivity index (χ0v) is 12.2. The van der Waals surface area contributed by atoms with E-state index in [2.05, 4.69) is 39.3 Å². The molecule has 0 unspecified atom stereocenters. The summed E-state index contributed by atoms with van der Waals surface area (Å²) in [7, 11) is 3.73. The van der Waals surface area contributed by atoms with Gasteiger partial charge in [-0.1, -0.05) is 6.92 Å². The van der Waals surface area contributed by atoms with Gasteiger partial charge >= 0.3 is 0 Å². The number of anilines is 3. The van der Waals surface area contributed by atoms with Gasteiger partial charge in [0.05, 0.1) is 6.54 Å². The number of nitrogens with zero attached hydrogens (tertiary/aromatic N) is 4. The minimum Gasteiger partial charge on any atom is -0.368 e. The molecule has 0 aliphatic carbocycles. The summed E-state index contributed by atoms with van der Waals surface area (Å²) in [6, 6.07) is 4.27. The van der Waals surface area contributed by atoms with Crippen molar-refractivity contribution in [2.75, 3.05) is 30.0 Å². The van der Waals surface area contributed by atoms with Gasteiger partial charge in [0.2, 0.25) is 17.8 Å². The van der Waals surface area contributed by atoms with Crippen LogP contribution in [0.25, 0.3) is 0 Å². The molecule has 2 heterocycles. The first-order chi connectivity index (χ1) is 9.08. The molecular formula is C12H18N6S. The van der Waals surface area contributed by atoms with Gasteiger partial charge < -0.3 is 16.0 Å². The Morgan fingerprint density at radius 2 is 1.95 bits per heavy atom. The van der Waals surface area contributed by atoms with E-state index in [4.69, 9.17) is 5.73 Å². The average Bonchev–Trinajstić information content (AvgIpc) is 2.83. The molecule has 0 aromatic carbocycles. The largest absolute Gasteiger partial charge is 0.368 e. The summed E-state index contributed by atoms with van der Waals surface area (Å²) in [5.74, 6) is 1.28. The fraction of sp³-hybridized carbons (Fsp3) is 0.417. The molecular weight excluding hydrogens is 260 g/mol. The van der Waals surface area contributed by atoms with Crippen LogP contribution >= 0.6 is 11.3 Å². The molecule has 7 heteroatoms. The molecule has 0 saturated heterocycles. The first-order valence-corrected chi connectivity index (χ1v) is 6.90. The first-order valence-electron chi connectivity index (χ1n) is 6.09. The minimum atomic E-state index is 0.224. The molecule has 0 aliphatic rings. The predicted molar refractivity (Wildman–Crippen MR) is 79.6 cm³/mol. The van der Waals surface area contributed by atoms with E-state index in [0.717, 1.165) is 6.42 Å². The fourth-order valence-corrected chi connectivity index (χ4v) is 2.43. The SMILES string of the molecule is CCc1ccc(CNc2nc(N)nc(N(C)C)n2)s1. The van der Waals surface area contributed by atoms with Gasteiger partial charge in [-0.2, -0.15) is 15.0 Å². The molecule has 19 heavy (non-hydrogen) atoms. The summed E-state index contributed by atoms with van der Waals surface area (Å²) >= 11 is 1.79. The number of aromatic nitrogens is 3. The van der Waals surface area contributed by atoms with Crippen molar-refractivity contribution < 1.29 is 0 Å². The maximum atomic E-state index is 5.67. The molecule has 2 rings (SSSR count). The highest BCUT2D eigenvalue weighted by Crippen LogP contribution is 2.18. The van der Waals surface area contributed by atoms with Gasteiger partial charge in [-0.05, 0) is 18.6 Å². The quantitative estimate of drug-likeness (QED) is 0.867. The third-order valence-corrected chi connectivity index (χ3v) is 3.76. The highest BCUT2D eigenvalue weighted by molar-refractivity contribution is 7.12. The van der Waals surface area contributed by atoms with E-state index in [9.17, 15) is 0 Å². The lowest BCUT2D eigenvalue weighted by Crippen LogP contribution is -2.16. The maximum Gasteiger partial charge on any atom is 0.231 e. The summed E-state index contributed by atoms with van der Waals surface area (Å²) in [6.45, 7) is 2.85. The normalized spacial score (nSPS) is 10.5. The van der Waals surface area contributed by atoms with Crippen LogP contribution in [0, 0.1) is 0 Å². The van der Waals surface area contributed by atoms with Crippen LogP contribution in [0.3, 0.4) is 0 Å². The Balaban J connectivity index is 2.06. The summed E-state index contributed by atoms with van der Waals surface area (Å²) in [4.78, 5) is 16.8. The van der Waals surface area contributed by atoms with Crippen molar-refractivity contribution in [2.45, 2.75) is 19.9 Å². The zero-order valence-electron chi connectivity index (χ0n) is 11.3. The zero-order chi connectivity index (χ0) is 13.8. The van der Waals surface area contributed by atoms with Gasteiger partial charge in [0, 0.05) is 23.8 Å². The molecule has 2 aromatic rings. The Hall–Kier alpha value is -1.89. The van der Waals surface area contributed by atoms with E-state index in [0.29, 0.717) is 18.4 Å². The van der Waals surface area contributed by atoms with Crippen molar-refractivity contribution >= 4 is 29.2 Å². The monoisotopic (exact) mass is 278 g/mol. The standard InChI is InChI=1S/C12H18N6S/c1-4-8-5-6-9(19-8)7-14-11-15-10(13)16-12(17-11)18(2)3/h5-6H,4,7H2,1-3H3,(H3,13,14,15,16,17). The molecule has 0 bridgehead atoms. The van der Waals surface area contributed by atoms with Gasteiger partial charge in [0.1, 0.15) is 0 Å². The number of thiophene rings is 1. The number of nitrogen functional groups attached to an aromatic ring is 1. The molecule has 0 fully saturated rings. The summed E-state index contributed by atoms with van der Waals surface area (Å²) in [5.41, 5.74) is 5.67. The molecule has 102 valence electrons. The number of hydrogen-bond acceptors (Lipinski definition) is 7. The lowest BCUT2D eigenvalue weighted by molar-refractivity contribution is 0.953. The fourth-order valence-electron chi connectivity index (χ4n) is 1.53. The van der Waals surface area contributed by atoms with E-state index in [1.807, 2.05) is 14.1 Å². The van der Waals surface area contributed by atoms with Gasteiger partial charge in [-0.15, -0.1) is 11.3 Å². The summed E-state index contributed by atoms with van der Waals surface area (Å²) < 4.78 is 0. The molecule has 0 saturated carbocycles. The first kappa shape index (κ1) is 13.5. The van der Waals surface area contributed by atoms with Crippen LogP contribution in [-0.2, 0) is 13.0 Å². The second kappa shape index (κ2) is 5.83. The van der Waals surface area contributed by atoms with E-state index in [-0.39, 0.29) is 5.95 Å². The van der Waals surface area contributed by atoms with Gasteiger partial charge in [-0.25, -0.2) is 0 Å². The third-order valence-electron chi connectivity index (χ3n) is 2.53. The van der Waals surface area contributed by atoms with E-state index < -0.39 is 0 Å². The smallest absolute Gasteiger partial charge is 0.231 e. The molecule has 0 amide bonds. The molecule has 3 N–H and O–H groups in total. The highest BCUT2D eigenvalue weighted by Gasteiger charge is 2.06. The minimum absolute atomic E-state index is 0.224. The van der Waals surface area contributed by atoms with Gasteiger partial charge in [-0.3, -0.25) is 0 Å². The third kappa shape index (κ3) is 3.54. The Morgan fingerprint density at radius 3 is 2.58 bits per heavy atom. The Kier molecular flexibility index (Phi) is 4.16. The molecule has 2 aromatic heterocycles. The van der Waals surface area contributed by atoms with E-state index in [1.165, 1.54) is 9.75 Å². The second-order valence-electron chi connectivity index (χ2n) is 4.29. The van der Waals surface area contributed by atoms with E-state index >= 15 is 0 Å². The highest BCUT2D eigenvalue weighted by atomic mass is 32.1. The van der Waals surface area contributed by atoms with Crippen molar-refractivity contribution in [3.05, 3.63) is 21.9 Å². The topological polar surface area (TPSA) is 80.0 Å². The van der Waals surface area contributed by atoms with Crippen molar-refractivity contribution in [3.63, 3.8) is 0 Å². The van der Waals surface area contributed by atoms with Gasteiger partial charge in [0.25, 0.3) is 0 Å². The van der Waals surface area contributed by atoms with Crippen LogP contribution in [0.5, 0.6) is 0 Å². The molecule has 6 nitrogen and oxygen atoms in total. The molecule has 0 atom stereocenters. The summed E-state index contributed by atoms with van der Waals surface area (Å²) in [5, 5.41) is 3.18. The number of hydrogen-bond donors (Lipinski definition) is 2. The van der Waals surface area contributed by atoms with Crippen LogP contribution in [0.2, 0.25) is 0 Å². The van der Waals surface area contributed by atoms with Crippen LogP contribution < -0.4 is 16.0 Å². The second-order valence-corrected chi connectivity index (χ2v) is 5.54. The van der Waals surface area contributed by atoms with Gasteiger partial charge in [0.15, 0.2) is 0 Å². The molecule has 0 aliphatic heterocycles. The van der Waals surface area contributed by atoms with Crippen molar-refractivity contribution in [1.82, 2.24) is 15.0 Å². The maximum absolute atomic E-state index is 5.67. The molecule has 0 radical (unpaired) electrons. The summed E-state index contributed by atoms with van der Waals surface area (Å²) in [6.07, 6.45) is 1.06. The van der Waals surface area contributed by atoms with Crippen LogP contribution in [0.15, 0.2) is 12.1 Å². The Bertz CT molecular complexity index is 551. The lowest BCUT2D eigenvalue weighted by Gasteiger charge is -2.11. The van der Waals surface area contributed by atoms with Crippen molar-refractivity contribution in [2.24, 2.45) is 0 Å². The van der Waals surface area contributed by atoms with Crippen molar-refractivity contribution in [1.29, 1.82) is 0 Å². The van der Waals surface area contributed by atoms with Crippen LogP contribution in [0.4, 0.5) is 17.8 Å². The predicted octanol–water partition coefficient (Wildman–Crippen LogP) is 1.76. The van der Waals surface area contributed by atoms with Crippen molar-refractivity contribution in [3.8, 4) is 0 Å². The van der Waals surface area contributed by atoms with Crippen LogP contribution in [0.1, 0.15) is 16.7 Å².